The number of likely N-dealkylation sites (tertiary alicyclic amines) is 1. The number of nitrogens with one attached hydrogen (secondary N) is 2. The van der Waals surface area contributed by atoms with Crippen molar-refractivity contribution in [1.29, 1.82) is 0 Å². The van der Waals surface area contributed by atoms with Gasteiger partial charge < -0.3 is 10.2 Å². The van der Waals surface area contributed by atoms with E-state index in [1.165, 1.54) is 32.1 Å². The van der Waals surface area contributed by atoms with Crippen molar-refractivity contribution in [2.75, 3.05) is 0 Å². The normalized spacial score (nSPS) is 29.3. The monoisotopic (exact) mass is 276 g/mol. The number of carbonyl (C=O) groups is 1. The molecule has 1 aromatic heterocycles. The third kappa shape index (κ3) is 2.41. The molecule has 0 unspecified atom stereocenters. The van der Waals surface area contributed by atoms with E-state index in [9.17, 15) is 4.79 Å². The van der Waals surface area contributed by atoms with Crippen LogP contribution in [0.25, 0.3) is 0 Å². The highest BCUT2D eigenvalue weighted by Crippen LogP contribution is 2.39. The van der Waals surface area contributed by atoms with E-state index in [1.54, 1.807) is 6.20 Å². The Labute approximate surface area is 120 Å². The predicted molar refractivity (Wildman–Crippen MR) is 77.2 cm³/mol. The first kappa shape index (κ1) is 13.5. The number of hydrogen-bond donors (Lipinski definition) is 2. The fraction of sp³-hybridized carbons (Fsp3) is 0.733. The molecule has 2 amide bonds. The number of aryl methyl sites for hydroxylation is 1. The van der Waals surface area contributed by atoms with Gasteiger partial charge in [-0.25, -0.2) is 4.79 Å². The quantitative estimate of drug-likeness (QED) is 0.872. The van der Waals surface area contributed by atoms with Gasteiger partial charge in [0.25, 0.3) is 0 Å². The fourth-order valence-corrected chi connectivity index (χ4v) is 3.87. The highest BCUT2D eigenvalue weighted by molar-refractivity contribution is 5.75. The molecule has 0 aromatic carbocycles. The summed E-state index contributed by atoms with van der Waals surface area (Å²) in [6.45, 7) is 4.72. The number of aromatic amines is 1. The topological polar surface area (TPSA) is 61.0 Å². The highest BCUT2D eigenvalue weighted by atomic mass is 16.2. The van der Waals surface area contributed by atoms with Crippen LogP contribution in [0, 0.1) is 12.8 Å². The Morgan fingerprint density at radius 3 is 3.05 bits per heavy atom. The zero-order valence-corrected chi connectivity index (χ0v) is 12.4. The van der Waals surface area contributed by atoms with Crippen molar-refractivity contribution in [2.45, 2.75) is 64.6 Å². The second kappa shape index (κ2) is 5.46. The van der Waals surface area contributed by atoms with Gasteiger partial charge in [-0.2, -0.15) is 5.10 Å². The molecule has 0 radical (unpaired) electrons. The molecule has 1 aliphatic carbocycles. The lowest BCUT2D eigenvalue weighted by Gasteiger charge is -2.33. The van der Waals surface area contributed by atoms with E-state index in [1.807, 2.05) is 6.92 Å². The van der Waals surface area contributed by atoms with Gasteiger partial charge in [0.1, 0.15) is 0 Å². The first-order chi connectivity index (χ1) is 9.66. The molecule has 1 aromatic rings. The van der Waals surface area contributed by atoms with Crippen LogP contribution in [0.4, 0.5) is 4.79 Å². The SMILES string of the molecule is Cc1[nH]ncc1CNC(=O)N1[C@H](C)C[C@H]2CCCC[C@@H]21. The summed E-state index contributed by atoms with van der Waals surface area (Å²) in [5.74, 6) is 0.722. The molecule has 2 aliphatic rings. The number of carbonyl (C=O) groups excluding carboxylic acids is 1. The third-order valence-electron chi connectivity index (χ3n) is 4.94. The summed E-state index contributed by atoms with van der Waals surface area (Å²) < 4.78 is 0. The van der Waals surface area contributed by atoms with Crippen LogP contribution >= 0.6 is 0 Å². The maximum Gasteiger partial charge on any atom is 0.318 e. The molecule has 5 heteroatoms. The van der Waals surface area contributed by atoms with Crippen molar-refractivity contribution < 1.29 is 4.79 Å². The van der Waals surface area contributed by atoms with Crippen molar-refractivity contribution in [2.24, 2.45) is 5.92 Å². The number of fused-ring (bicyclic) bond motifs is 1. The zero-order valence-electron chi connectivity index (χ0n) is 12.4. The first-order valence-corrected chi connectivity index (χ1v) is 7.72. The van der Waals surface area contributed by atoms with Gasteiger partial charge in [0, 0.05) is 29.9 Å². The van der Waals surface area contributed by atoms with Crippen LogP contribution in [0.15, 0.2) is 6.20 Å². The minimum atomic E-state index is 0.0903. The Kier molecular flexibility index (Phi) is 3.68. The molecule has 0 spiro atoms. The van der Waals surface area contributed by atoms with Crippen LogP contribution in [-0.4, -0.2) is 33.2 Å². The number of hydrogen-bond acceptors (Lipinski definition) is 2. The molecular formula is C15H24N4O. The number of aromatic nitrogens is 2. The molecule has 2 heterocycles. The van der Waals surface area contributed by atoms with Crippen molar-refractivity contribution >= 4 is 6.03 Å². The Morgan fingerprint density at radius 1 is 1.50 bits per heavy atom. The van der Waals surface area contributed by atoms with E-state index < -0.39 is 0 Å². The number of urea groups is 1. The molecule has 2 fully saturated rings. The third-order valence-corrected chi connectivity index (χ3v) is 4.94. The van der Waals surface area contributed by atoms with Crippen LogP contribution in [0.1, 0.15) is 50.3 Å². The zero-order chi connectivity index (χ0) is 14.1. The lowest BCUT2D eigenvalue weighted by atomic mass is 9.85. The van der Waals surface area contributed by atoms with Crippen LogP contribution in [0.3, 0.4) is 0 Å². The molecule has 0 bridgehead atoms. The largest absolute Gasteiger partial charge is 0.334 e. The Bertz CT molecular complexity index is 484. The molecule has 110 valence electrons. The number of nitrogens with zero attached hydrogens (tertiary/aromatic N) is 2. The van der Waals surface area contributed by atoms with Gasteiger partial charge in [-0.1, -0.05) is 12.8 Å². The number of rotatable bonds is 2. The molecule has 20 heavy (non-hydrogen) atoms. The average molecular weight is 276 g/mol. The summed E-state index contributed by atoms with van der Waals surface area (Å²) in [5.41, 5.74) is 2.08. The van der Waals surface area contributed by atoms with Gasteiger partial charge in [-0.05, 0) is 39.0 Å². The molecule has 3 atom stereocenters. The Hall–Kier alpha value is -1.52. The standard InChI is InChI=1S/C15H24N4O/c1-10-7-12-5-3-4-6-14(12)19(10)15(20)16-8-13-9-17-18-11(13)2/h9-10,12,14H,3-8H2,1-2H3,(H,16,20)(H,17,18)/t10-,12-,14+/m1/s1. The van der Waals surface area contributed by atoms with E-state index in [-0.39, 0.29) is 6.03 Å². The first-order valence-electron chi connectivity index (χ1n) is 7.72. The van der Waals surface area contributed by atoms with Gasteiger partial charge in [-0.3, -0.25) is 5.10 Å². The van der Waals surface area contributed by atoms with Crippen LogP contribution in [0.5, 0.6) is 0 Å². The Morgan fingerprint density at radius 2 is 2.30 bits per heavy atom. The van der Waals surface area contributed by atoms with Crippen molar-refractivity contribution in [3.63, 3.8) is 0 Å². The molecule has 1 saturated heterocycles. The van der Waals surface area contributed by atoms with Crippen molar-refractivity contribution in [3.05, 3.63) is 17.5 Å². The van der Waals surface area contributed by atoms with Gasteiger partial charge in [-0.15, -0.1) is 0 Å². The van der Waals surface area contributed by atoms with Gasteiger partial charge in [0.2, 0.25) is 0 Å². The maximum absolute atomic E-state index is 12.5. The summed E-state index contributed by atoms with van der Waals surface area (Å²) in [6, 6.07) is 0.922. The number of amides is 2. The van der Waals surface area contributed by atoms with Gasteiger partial charge in [0.05, 0.1) is 6.20 Å². The van der Waals surface area contributed by atoms with Gasteiger partial charge in [0.15, 0.2) is 0 Å². The fourth-order valence-electron chi connectivity index (χ4n) is 3.87. The van der Waals surface area contributed by atoms with E-state index in [0.717, 1.165) is 17.2 Å². The summed E-state index contributed by atoms with van der Waals surface area (Å²) in [5, 5.41) is 9.95. The molecule has 1 saturated carbocycles. The lowest BCUT2D eigenvalue weighted by molar-refractivity contribution is 0.155. The summed E-state index contributed by atoms with van der Waals surface area (Å²) >= 11 is 0. The van der Waals surface area contributed by atoms with E-state index in [0.29, 0.717) is 18.6 Å². The maximum atomic E-state index is 12.5. The Balaban J connectivity index is 1.63. The van der Waals surface area contributed by atoms with E-state index in [2.05, 4.69) is 27.3 Å². The predicted octanol–water partition coefficient (Wildman–Crippen LogP) is 2.58. The van der Waals surface area contributed by atoms with Crippen LogP contribution < -0.4 is 5.32 Å². The molecule has 2 N–H and O–H groups in total. The second-order valence-electron chi connectivity index (χ2n) is 6.28. The highest BCUT2D eigenvalue weighted by Gasteiger charge is 2.42. The van der Waals surface area contributed by atoms with E-state index in [4.69, 9.17) is 0 Å². The van der Waals surface area contributed by atoms with Gasteiger partial charge >= 0.3 is 6.03 Å². The summed E-state index contributed by atoms with van der Waals surface area (Å²) in [6.07, 6.45) is 8.01. The van der Waals surface area contributed by atoms with Crippen LogP contribution in [-0.2, 0) is 6.54 Å². The molecule has 5 nitrogen and oxygen atoms in total. The number of H-pyrrole nitrogens is 1. The average Bonchev–Trinajstić information content (AvgIpc) is 2.98. The summed E-state index contributed by atoms with van der Waals surface area (Å²) in [7, 11) is 0. The minimum Gasteiger partial charge on any atom is -0.334 e. The lowest BCUT2D eigenvalue weighted by Crippen LogP contribution is -2.47. The minimum absolute atomic E-state index is 0.0903. The van der Waals surface area contributed by atoms with Crippen molar-refractivity contribution in [3.8, 4) is 0 Å². The second-order valence-corrected chi connectivity index (χ2v) is 6.28. The molecule has 1 aliphatic heterocycles. The summed E-state index contributed by atoms with van der Waals surface area (Å²) in [4.78, 5) is 14.6. The molecule has 3 rings (SSSR count). The van der Waals surface area contributed by atoms with E-state index >= 15 is 0 Å². The van der Waals surface area contributed by atoms with Crippen LogP contribution in [0.2, 0.25) is 0 Å². The molecular weight excluding hydrogens is 252 g/mol. The van der Waals surface area contributed by atoms with Crippen molar-refractivity contribution in [1.82, 2.24) is 20.4 Å². The smallest absolute Gasteiger partial charge is 0.318 e.